The lowest BCUT2D eigenvalue weighted by atomic mass is 10.6. The number of hydrogen-bond donors (Lipinski definition) is 1. The van der Waals surface area contributed by atoms with Gasteiger partial charge in [-0.1, -0.05) is 11.8 Å². The maximum absolute atomic E-state index is 12.9. The molecule has 2 heterocycles. The Hall–Kier alpha value is -1.30. The van der Waals surface area contributed by atoms with Gasteiger partial charge < -0.3 is 0 Å². The highest BCUT2D eigenvalue weighted by Gasteiger charge is 2.06. The predicted molar refractivity (Wildman–Crippen MR) is 47.6 cm³/mol. The fourth-order valence-corrected chi connectivity index (χ4v) is 1.44. The zero-order valence-electron chi connectivity index (χ0n) is 6.74. The number of nitrogens with zero attached hydrogens (tertiary/aromatic N) is 2. The number of fused-ring (bicyclic) bond motifs is 1. The summed E-state index contributed by atoms with van der Waals surface area (Å²) in [5, 5.41) is 0.482. The van der Waals surface area contributed by atoms with Crippen LogP contribution in [-0.4, -0.2) is 20.6 Å². The molecular weight excluding hydrogens is 193 g/mol. The SMILES string of the molecule is CSc1nc2ccc(F)n2c(=O)[nH]1. The van der Waals surface area contributed by atoms with Crippen LogP contribution in [0.4, 0.5) is 4.39 Å². The fraction of sp³-hybridized carbons (Fsp3) is 0.143. The average molecular weight is 199 g/mol. The Kier molecular flexibility index (Phi) is 1.84. The third-order valence-electron chi connectivity index (χ3n) is 1.64. The summed E-state index contributed by atoms with van der Waals surface area (Å²) in [6.07, 6.45) is 1.79. The van der Waals surface area contributed by atoms with E-state index in [4.69, 9.17) is 0 Å². The molecule has 1 N–H and O–H groups in total. The Morgan fingerprint density at radius 2 is 2.38 bits per heavy atom. The molecule has 2 aromatic rings. The van der Waals surface area contributed by atoms with Gasteiger partial charge >= 0.3 is 5.69 Å². The van der Waals surface area contributed by atoms with Crippen molar-refractivity contribution in [3.05, 3.63) is 28.6 Å². The molecule has 0 saturated heterocycles. The van der Waals surface area contributed by atoms with E-state index in [9.17, 15) is 9.18 Å². The lowest BCUT2D eigenvalue weighted by molar-refractivity contribution is 0.559. The van der Waals surface area contributed by atoms with Crippen LogP contribution in [0, 0.1) is 5.95 Å². The van der Waals surface area contributed by atoms with Gasteiger partial charge in [0.15, 0.2) is 5.16 Å². The van der Waals surface area contributed by atoms with Gasteiger partial charge in [-0.15, -0.1) is 0 Å². The molecule has 0 aliphatic rings. The first-order valence-corrected chi connectivity index (χ1v) is 4.76. The lowest BCUT2D eigenvalue weighted by Crippen LogP contribution is -2.19. The van der Waals surface area contributed by atoms with Crippen molar-refractivity contribution >= 4 is 17.4 Å². The molecule has 0 spiro atoms. The van der Waals surface area contributed by atoms with Gasteiger partial charge in [0.1, 0.15) is 5.65 Å². The molecule has 2 aromatic heterocycles. The molecule has 0 aliphatic heterocycles. The molecule has 0 unspecified atom stereocenters. The van der Waals surface area contributed by atoms with Crippen LogP contribution in [0.5, 0.6) is 0 Å². The minimum absolute atomic E-state index is 0.325. The summed E-state index contributed by atoms with van der Waals surface area (Å²) in [4.78, 5) is 17.7. The van der Waals surface area contributed by atoms with E-state index in [0.717, 1.165) is 4.40 Å². The number of rotatable bonds is 1. The maximum atomic E-state index is 12.9. The topological polar surface area (TPSA) is 50.2 Å². The van der Waals surface area contributed by atoms with Gasteiger partial charge in [-0.2, -0.15) is 4.39 Å². The Labute approximate surface area is 76.8 Å². The molecule has 0 aliphatic carbocycles. The summed E-state index contributed by atoms with van der Waals surface area (Å²) in [5.41, 5.74) is -0.178. The Balaban J connectivity index is 2.87. The van der Waals surface area contributed by atoms with E-state index >= 15 is 0 Å². The fourth-order valence-electron chi connectivity index (χ4n) is 1.07. The van der Waals surface area contributed by atoms with Gasteiger partial charge in [0.05, 0.1) is 0 Å². The zero-order chi connectivity index (χ0) is 9.42. The molecule has 0 radical (unpaired) electrons. The number of thioether (sulfide) groups is 1. The number of halogens is 1. The minimum Gasteiger partial charge on any atom is -0.286 e. The van der Waals surface area contributed by atoms with Gasteiger partial charge in [-0.3, -0.25) is 4.98 Å². The van der Waals surface area contributed by atoms with E-state index in [1.807, 2.05) is 0 Å². The van der Waals surface area contributed by atoms with Gasteiger partial charge in [0.2, 0.25) is 5.95 Å². The molecule has 68 valence electrons. The van der Waals surface area contributed by atoms with Crippen LogP contribution in [0.25, 0.3) is 5.65 Å². The number of aromatic amines is 1. The maximum Gasteiger partial charge on any atom is 0.335 e. The van der Waals surface area contributed by atoms with E-state index in [1.165, 1.54) is 23.9 Å². The summed E-state index contributed by atoms with van der Waals surface area (Å²) in [6, 6.07) is 2.67. The standard InChI is InChI=1S/C7H6FN3OS/c1-13-6-9-5-3-2-4(8)11(5)7(12)10-6/h2-3H,1H3,(H,9,10,12). The van der Waals surface area contributed by atoms with Crippen molar-refractivity contribution in [2.24, 2.45) is 0 Å². The normalized spacial score (nSPS) is 10.9. The summed E-state index contributed by atoms with van der Waals surface area (Å²) in [7, 11) is 0. The smallest absolute Gasteiger partial charge is 0.286 e. The molecule has 0 bridgehead atoms. The van der Waals surface area contributed by atoms with Crippen LogP contribution in [-0.2, 0) is 0 Å². The summed E-state index contributed by atoms with van der Waals surface area (Å²) >= 11 is 1.30. The first kappa shape index (κ1) is 8.31. The van der Waals surface area contributed by atoms with Crippen LogP contribution < -0.4 is 5.69 Å². The Morgan fingerprint density at radius 1 is 1.62 bits per heavy atom. The Bertz CT molecular complexity index is 504. The van der Waals surface area contributed by atoms with Crippen molar-refractivity contribution in [2.75, 3.05) is 6.26 Å². The van der Waals surface area contributed by atoms with E-state index in [-0.39, 0.29) is 0 Å². The molecule has 0 fully saturated rings. The number of aromatic nitrogens is 3. The average Bonchev–Trinajstić information content (AvgIpc) is 2.48. The molecule has 2 rings (SSSR count). The van der Waals surface area contributed by atoms with Crippen molar-refractivity contribution < 1.29 is 4.39 Å². The highest BCUT2D eigenvalue weighted by Crippen LogP contribution is 2.08. The van der Waals surface area contributed by atoms with Gasteiger partial charge in [0, 0.05) is 0 Å². The number of H-pyrrole nitrogens is 1. The molecule has 0 atom stereocenters. The highest BCUT2D eigenvalue weighted by molar-refractivity contribution is 7.98. The largest absolute Gasteiger partial charge is 0.335 e. The Morgan fingerprint density at radius 3 is 3.08 bits per heavy atom. The van der Waals surface area contributed by atoms with E-state index in [2.05, 4.69) is 9.97 Å². The summed E-state index contributed by atoms with van der Waals surface area (Å²) in [5.74, 6) is -0.601. The van der Waals surface area contributed by atoms with E-state index in [1.54, 1.807) is 6.26 Å². The van der Waals surface area contributed by atoms with Crippen molar-refractivity contribution in [3.8, 4) is 0 Å². The van der Waals surface area contributed by atoms with Crippen LogP contribution >= 0.6 is 11.8 Å². The van der Waals surface area contributed by atoms with E-state index < -0.39 is 11.6 Å². The van der Waals surface area contributed by atoms with Crippen LogP contribution in [0.15, 0.2) is 22.1 Å². The van der Waals surface area contributed by atoms with E-state index in [0.29, 0.717) is 10.8 Å². The van der Waals surface area contributed by atoms with Crippen molar-refractivity contribution in [2.45, 2.75) is 5.16 Å². The molecule has 0 aromatic carbocycles. The molecule has 6 heteroatoms. The molecule has 0 amide bonds. The minimum atomic E-state index is -0.601. The van der Waals surface area contributed by atoms with Gasteiger partial charge in [-0.25, -0.2) is 14.2 Å². The third-order valence-corrected chi connectivity index (χ3v) is 2.22. The second kappa shape index (κ2) is 2.88. The van der Waals surface area contributed by atoms with Crippen molar-refractivity contribution in [1.82, 2.24) is 14.4 Å². The monoisotopic (exact) mass is 199 g/mol. The number of hydrogen-bond acceptors (Lipinski definition) is 3. The van der Waals surface area contributed by atoms with Gasteiger partial charge in [-0.05, 0) is 18.4 Å². The first-order chi connectivity index (χ1) is 6.22. The van der Waals surface area contributed by atoms with Crippen LogP contribution in [0.1, 0.15) is 0 Å². The molecule has 4 nitrogen and oxygen atoms in total. The van der Waals surface area contributed by atoms with Gasteiger partial charge in [0.25, 0.3) is 0 Å². The predicted octanol–water partition coefficient (Wildman–Crippen LogP) is 0.884. The van der Waals surface area contributed by atoms with Crippen LogP contribution in [0.3, 0.4) is 0 Å². The molecule has 13 heavy (non-hydrogen) atoms. The second-order valence-electron chi connectivity index (χ2n) is 2.40. The lowest BCUT2D eigenvalue weighted by Gasteiger charge is -1.96. The number of nitrogens with one attached hydrogen (secondary N) is 1. The highest BCUT2D eigenvalue weighted by atomic mass is 32.2. The second-order valence-corrected chi connectivity index (χ2v) is 3.20. The summed E-state index contributed by atoms with van der Waals surface area (Å²) in [6.45, 7) is 0. The molecule has 0 saturated carbocycles. The first-order valence-electron chi connectivity index (χ1n) is 3.53. The van der Waals surface area contributed by atoms with Crippen molar-refractivity contribution in [1.29, 1.82) is 0 Å². The quantitative estimate of drug-likeness (QED) is 0.694. The zero-order valence-corrected chi connectivity index (χ0v) is 7.56. The van der Waals surface area contributed by atoms with Crippen LogP contribution in [0.2, 0.25) is 0 Å². The summed E-state index contributed by atoms with van der Waals surface area (Å²) < 4.78 is 13.8. The third kappa shape index (κ3) is 1.23. The van der Waals surface area contributed by atoms with Crippen molar-refractivity contribution in [3.63, 3.8) is 0 Å². The molecular formula is C7H6FN3OS.